The van der Waals surface area contributed by atoms with Crippen molar-refractivity contribution >= 4 is 12.0 Å². The first-order valence-electron chi connectivity index (χ1n) is 8.11. The van der Waals surface area contributed by atoms with Crippen molar-refractivity contribution in [3.8, 4) is 0 Å². The van der Waals surface area contributed by atoms with Gasteiger partial charge in [0.1, 0.15) is 5.60 Å². The molecule has 6 nitrogen and oxygen atoms in total. The van der Waals surface area contributed by atoms with Crippen LogP contribution in [0.1, 0.15) is 32.8 Å². The molecule has 0 saturated carbocycles. The SMILES string of the molecule is CC(C)(C)OC(=O)N1CC[C@@](COCc2ccccc2)(C(N)=O)C1. The first-order valence-corrected chi connectivity index (χ1v) is 8.11. The van der Waals surface area contributed by atoms with Crippen molar-refractivity contribution < 1.29 is 19.1 Å². The van der Waals surface area contributed by atoms with Crippen molar-refractivity contribution in [2.75, 3.05) is 19.7 Å². The molecule has 2 N–H and O–H groups in total. The van der Waals surface area contributed by atoms with E-state index in [1.165, 1.54) is 4.90 Å². The van der Waals surface area contributed by atoms with Crippen LogP contribution in [0, 0.1) is 5.41 Å². The van der Waals surface area contributed by atoms with E-state index >= 15 is 0 Å². The number of nitrogens with zero attached hydrogens (tertiary/aromatic N) is 1. The van der Waals surface area contributed by atoms with E-state index in [0.717, 1.165) is 5.56 Å². The van der Waals surface area contributed by atoms with Gasteiger partial charge in [-0.1, -0.05) is 30.3 Å². The number of carbonyl (C=O) groups is 2. The number of benzene rings is 1. The minimum Gasteiger partial charge on any atom is -0.444 e. The molecule has 132 valence electrons. The molecule has 0 bridgehead atoms. The topological polar surface area (TPSA) is 81.9 Å². The molecule has 2 rings (SSSR count). The zero-order valence-electron chi connectivity index (χ0n) is 14.6. The van der Waals surface area contributed by atoms with Gasteiger partial charge in [0.2, 0.25) is 5.91 Å². The third-order valence-corrected chi connectivity index (χ3v) is 4.02. The van der Waals surface area contributed by atoms with E-state index in [9.17, 15) is 9.59 Å². The van der Waals surface area contributed by atoms with Gasteiger partial charge in [0, 0.05) is 13.1 Å². The average Bonchev–Trinajstić information content (AvgIpc) is 2.93. The average molecular weight is 334 g/mol. The van der Waals surface area contributed by atoms with Gasteiger partial charge in [-0.2, -0.15) is 0 Å². The first kappa shape index (κ1) is 18.3. The third-order valence-electron chi connectivity index (χ3n) is 4.02. The predicted octanol–water partition coefficient (Wildman–Crippen LogP) is 2.32. The molecular formula is C18H26N2O4. The van der Waals surface area contributed by atoms with Crippen LogP contribution in [0.15, 0.2) is 30.3 Å². The Morgan fingerprint density at radius 3 is 2.50 bits per heavy atom. The third kappa shape index (κ3) is 4.71. The molecule has 1 fully saturated rings. The molecule has 24 heavy (non-hydrogen) atoms. The number of hydrogen-bond donors (Lipinski definition) is 1. The second-order valence-electron chi connectivity index (χ2n) is 7.27. The predicted molar refractivity (Wildman–Crippen MR) is 90.1 cm³/mol. The number of hydrogen-bond acceptors (Lipinski definition) is 4. The van der Waals surface area contributed by atoms with Gasteiger partial charge in [0.05, 0.1) is 18.6 Å². The van der Waals surface area contributed by atoms with Crippen LogP contribution in [0.3, 0.4) is 0 Å². The Morgan fingerprint density at radius 1 is 1.25 bits per heavy atom. The van der Waals surface area contributed by atoms with E-state index in [2.05, 4.69) is 0 Å². The smallest absolute Gasteiger partial charge is 0.410 e. The summed E-state index contributed by atoms with van der Waals surface area (Å²) in [4.78, 5) is 25.7. The quantitative estimate of drug-likeness (QED) is 0.896. The van der Waals surface area contributed by atoms with Crippen molar-refractivity contribution in [3.05, 3.63) is 35.9 Å². The molecule has 1 atom stereocenters. The first-order chi connectivity index (χ1) is 11.2. The van der Waals surface area contributed by atoms with Crippen molar-refractivity contribution in [2.45, 2.75) is 39.4 Å². The van der Waals surface area contributed by atoms with Gasteiger partial charge in [-0.3, -0.25) is 4.79 Å². The number of carbonyl (C=O) groups excluding carboxylic acids is 2. The molecule has 1 aliphatic heterocycles. The lowest BCUT2D eigenvalue weighted by atomic mass is 9.87. The second kappa shape index (κ2) is 7.21. The van der Waals surface area contributed by atoms with E-state index in [1.807, 2.05) is 51.1 Å². The lowest BCUT2D eigenvalue weighted by molar-refractivity contribution is -0.130. The van der Waals surface area contributed by atoms with Crippen LogP contribution >= 0.6 is 0 Å². The maximum absolute atomic E-state index is 12.2. The summed E-state index contributed by atoms with van der Waals surface area (Å²) in [5.74, 6) is -0.443. The van der Waals surface area contributed by atoms with Crippen molar-refractivity contribution in [3.63, 3.8) is 0 Å². The molecule has 0 aromatic heterocycles. The van der Waals surface area contributed by atoms with Crippen LogP contribution < -0.4 is 5.73 Å². The molecule has 1 aromatic rings. The maximum Gasteiger partial charge on any atom is 0.410 e. The minimum atomic E-state index is -0.855. The Balaban J connectivity index is 1.94. The van der Waals surface area contributed by atoms with Gasteiger partial charge in [-0.05, 0) is 32.8 Å². The molecule has 1 aliphatic rings. The number of ether oxygens (including phenoxy) is 2. The molecule has 1 aromatic carbocycles. The summed E-state index contributed by atoms with van der Waals surface area (Å²) < 4.78 is 11.1. The van der Waals surface area contributed by atoms with E-state index in [0.29, 0.717) is 19.6 Å². The van der Waals surface area contributed by atoms with Crippen LogP contribution in [0.4, 0.5) is 4.79 Å². The number of likely N-dealkylation sites (tertiary alicyclic amines) is 1. The fourth-order valence-corrected chi connectivity index (χ4v) is 2.68. The Morgan fingerprint density at radius 2 is 1.92 bits per heavy atom. The molecule has 6 heteroatoms. The molecule has 1 heterocycles. The summed E-state index contributed by atoms with van der Waals surface area (Å²) in [7, 11) is 0. The highest BCUT2D eigenvalue weighted by Gasteiger charge is 2.46. The standard InChI is InChI=1S/C18H26N2O4/c1-17(2,3)24-16(22)20-10-9-18(12-20,15(19)21)13-23-11-14-7-5-4-6-8-14/h4-8H,9-13H2,1-3H3,(H2,19,21)/t18-/m1/s1. The highest BCUT2D eigenvalue weighted by atomic mass is 16.6. The number of rotatable bonds is 5. The summed E-state index contributed by atoms with van der Waals surface area (Å²) in [6.07, 6.45) is 0.0600. The van der Waals surface area contributed by atoms with Gasteiger partial charge in [-0.25, -0.2) is 4.79 Å². The summed E-state index contributed by atoms with van der Waals surface area (Å²) >= 11 is 0. The minimum absolute atomic E-state index is 0.191. The van der Waals surface area contributed by atoms with Crippen molar-refractivity contribution in [2.24, 2.45) is 11.1 Å². The van der Waals surface area contributed by atoms with Crippen LogP contribution in [-0.4, -0.2) is 42.2 Å². The lowest BCUT2D eigenvalue weighted by Crippen LogP contribution is -2.45. The molecule has 0 aliphatic carbocycles. The van der Waals surface area contributed by atoms with E-state index in [-0.39, 0.29) is 13.2 Å². The fraction of sp³-hybridized carbons (Fsp3) is 0.556. The van der Waals surface area contributed by atoms with Crippen LogP contribution in [-0.2, 0) is 20.9 Å². The van der Waals surface area contributed by atoms with Gasteiger partial charge in [-0.15, -0.1) is 0 Å². The summed E-state index contributed by atoms with van der Waals surface area (Å²) in [5, 5.41) is 0. The normalized spacial score (nSPS) is 20.9. The van der Waals surface area contributed by atoms with Crippen LogP contribution in [0.2, 0.25) is 0 Å². The Labute approximate surface area is 142 Å². The van der Waals surface area contributed by atoms with Gasteiger partial charge < -0.3 is 20.1 Å². The Bertz CT molecular complexity index is 582. The van der Waals surface area contributed by atoms with E-state index < -0.39 is 23.0 Å². The molecule has 0 radical (unpaired) electrons. The van der Waals surface area contributed by atoms with Crippen LogP contribution in [0.5, 0.6) is 0 Å². The summed E-state index contributed by atoms with van der Waals surface area (Å²) in [6.45, 7) is 6.69. The van der Waals surface area contributed by atoms with E-state index in [1.54, 1.807) is 0 Å². The molecule has 1 saturated heterocycles. The molecular weight excluding hydrogens is 308 g/mol. The van der Waals surface area contributed by atoms with Gasteiger partial charge in [0.25, 0.3) is 0 Å². The summed E-state index contributed by atoms with van der Waals surface area (Å²) in [6, 6.07) is 9.71. The van der Waals surface area contributed by atoms with Gasteiger partial charge >= 0.3 is 6.09 Å². The number of nitrogens with two attached hydrogens (primary N) is 1. The monoisotopic (exact) mass is 334 g/mol. The zero-order chi connectivity index (χ0) is 17.8. The van der Waals surface area contributed by atoms with Crippen molar-refractivity contribution in [1.29, 1.82) is 0 Å². The summed E-state index contributed by atoms with van der Waals surface area (Å²) in [5.41, 5.74) is 5.21. The molecule has 0 unspecified atom stereocenters. The van der Waals surface area contributed by atoms with Gasteiger partial charge in [0.15, 0.2) is 0 Å². The highest BCUT2D eigenvalue weighted by Crippen LogP contribution is 2.32. The lowest BCUT2D eigenvalue weighted by Gasteiger charge is -2.27. The number of amides is 2. The maximum atomic E-state index is 12.2. The Hall–Kier alpha value is -2.08. The second-order valence-corrected chi connectivity index (χ2v) is 7.27. The molecule has 0 spiro atoms. The van der Waals surface area contributed by atoms with Crippen LogP contribution in [0.25, 0.3) is 0 Å². The largest absolute Gasteiger partial charge is 0.444 e. The Kier molecular flexibility index (Phi) is 5.49. The van der Waals surface area contributed by atoms with Crippen molar-refractivity contribution in [1.82, 2.24) is 4.90 Å². The highest BCUT2D eigenvalue weighted by molar-refractivity contribution is 5.83. The fourth-order valence-electron chi connectivity index (χ4n) is 2.68. The zero-order valence-corrected chi connectivity index (χ0v) is 14.6. The van der Waals surface area contributed by atoms with E-state index in [4.69, 9.17) is 15.2 Å². The number of primary amides is 1. The molecule has 2 amide bonds.